The zero-order valence-corrected chi connectivity index (χ0v) is 11.0. The van der Waals surface area contributed by atoms with E-state index in [9.17, 15) is 4.79 Å². The molecule has 0 aliphatic heterocycles. The van der Waals surface area contributed by atoms with Gasteiger partial charge in [0.15, 0.2) is 0 Å². The van der Waals surface area contributed by atoms with Crippen LogP contribution in [0.5, 0.6) is 0 Å². The highest BCUT2D eigenvalue weighted by Crippen LogP contribution is 2.31. The van der Waals surface area contributed by atoms with Gasteiger partial charge in [0.05, 0.1) is 0 Å². The Morgan fingerprint density at radius 3 is 2.78 bits per heavy atom. The zero-order chi connectivity index (χ0) is 12.8. The van der Waals surface area contributed by atoms with Crippen LogP contribution in [0.2, 0.25) is 0 Å². The second-order valence-corrected chi connectivity index (χ2v) is 5.00. The zero-order valence-electron chi connectivity index (χ0n) is 11.0. The van der Waals surface area contributed by atoms with Crippen LogP contribution < -0.4 is 10.6 Å². The normalized spacial score (nSPS) is 14.5. The van der Waals surface area contributed by atoms with Gasteiger partial charge in [-0.25, -0.2) is 0 Å². The van der Waals surface area contributed by atoms with Gasteiger partial charge in [0.2, 0.25) is 0 Å². The summed E-state index contributed by atoms with van der Waals surface area (Å²) < 4.78 is 0. The Bertz CT molecular complexity index is 399. The number of nitrogens with one attached hydrogen (secondary N) is 2. The molecule has 1 saturated carbocycles. The lowest BCUT2D eigenvalue weighted by Crippen LogP contribution is -2.26. The third-order valence-electron chi connectivity index (χ3n) is 3.44. The average Bonchev–Trinajstić information content (AvgIpc) is 3.20. The summed E-state index contributed by atoms with van der Waals surface area (Å²) in [6, 6.07) is 7.87. The van der Waals surface area contributed by atoms with Crippen LogP contribution in [-0.2, 0) is 6.42 Å². The Kier molecular flexibility index (Phi) is 4.76. The van der Waals surface area contributed by atoms with Crippen LogP contribution >= 0.6 is 0 Å². The molecule has 3 nitrogen and oxygen atoms in total. The molecule has 1 amide bonds. The maximum absolute atomic E-state index is 12.1. The van der Waals surface area contributed by atoms with Crippen LogP contribution in [0.15, 0.2) is 24.3 Å². The first-order chi connectivity index (χ1) is 8.81. The lowest BCUT2D eigenvalue weighted by atomic mass is 10.0. The molecule has 1 fully saturated rings. The van der Waals surface area contributed by atoms with Crippen LogP contribution in [0.3, 0.4) is 0 Å². The molecule has 2 N–H and O–H groups in total. The number of rotatable bonds is 7. The number of carbonyl (C=O) groups is 1. The topological polar surface area (TPSA) is 41.1 Å². The fourth-order valence-corrected chi connectivity index (χ4v) is 2.11. The van der Waals surface area contributed by atoms with Gasteiger partial charge in [-0.3, -0.25) is 4.79 Å². The van der Waals surface area contributed by atoms with Crippen molar-refractivity contribution in [1.29, 1.82) is 0 Å². The van der Waals surface area contributed by atoms with E-state index in [2.05, 4.69) is 10.6 Å². The van der Waals surface area contributed by atoms with E-state index in [1.54, 1.807) is 0 Å². The number of benzene rings is 1. The molecule has 0 spiro atoms. The maximum atomic E-state index is 12.1. The van der Waals surface area contributed by atoms with Crippen molar-refractivity contribution in [3.63, 3.8) is 0 Å². The van der Waals surface area contributed by atoms with Gasteiger partial charge in [0.1, 0.15) is 0 Å². The Morgan fingerprint density at radius 2 is 2.06 bits per heavy atom. The summed E-state index contributed by atoms with van der Waals surface area (Å²) >= 11 is 0. The van der Waals surface area contributed by atoms with E-state index in [1.165, 1.54) is 12.8 Å². The van der Waals surface area contributed by atoms with E-state index < -0.39 is 0 Å². The van der Waals surface area contributed by atoms with E-state index in [4.69, 9.17) is 0 Å². The van der Waals surface area contributed by atoms with Crippen LogP contribution in [0.1, 0.15) is 35.2 Å². The first-order valence-corrected chi connectivity index (χ1v) is 6.82. The molecule has 2 rings (SSSR count). The van der Waals surface area contributed by atoms with E-state index >= 15 is 0 Å². The van der Waals surface area contributed by atoms with Gasteiger partial charge >= 0.3 is 0 Å². The molecule has 0 aromatic heterocycles. The second-order valence-electron chi connectivity index (χ2n) is 5.00. The van der Waals surface area contributed by atoms with Gasteiger partial charge in [-0.15, -0.1) is 0 Å². The molecule has 3 heteroatoms. The first-order valence-electron chi connectivity index (χ1n) is 6.82. The van der Waals surface area contributed by atoms with Gasteiger partial charge in [-0.05, 0) is 44.0 Å². The standard InChI is InChI=1S/C15H22N2O/c1-16-10-9-13-4-2-3-5-14(13)15(18)17-11-8-12-6-7-12/h2-5,12,16H,6-11H2,1H3,(H,17,18). The number of hydrogen-bond donors (Lipinski definition) is 2. The number of likely N-dealkylation sites (N-methyl/N-ethyl adjacent to an activating group) is 1. The van der Waals surface area contributed by atoms with Crippen molar-refractivity contribution >= 4 is 5.91 Å². The van der Waals surface area contributed by atoms with Crippen molar-refractivity contribution in [1.82, 2.24) is 10.6 Å². The van der Waals surface area contributed by atoms with Gasteiger partial charge in [-0.1, -0.05) is 31.0 Å². The van der Waals surface area contributed by atoms with Crippen molar-refractivity contribution in [2.24, 2.45) is 5.92 Å². The second kappa shape index (κ2) is 6.55. The number of carbonyl (C=O) groups excluding carboxylic acids is 1. The monoisotopic (exact) mass is 246 g/mol. The third kappa shape index (κ3) is 3.84. The highest BCUT2D eigenvalue weighted by atomic mass is 16.1. The highest BCUT2D eigenvalue weighted by Gasteiger charge is 2.20. The summed E-state index contributed by atoms with van der Waals surface area (Å²) in [5.41, 5.74) is 1.94. The quantitative estimate of drug-likeness (QED) is 0.772. The SMILES string of the molecule is CNCCc1ccccc1C(=O)NCCC1CC1. The molecule has 1 aliphatic rings. The molecule has 1 aromatic carbocycles. The number of amides is 1. The summed E-state index contributed by atoms with van der Waals surface area (Å²) in [7, 11) is 1.93. The predicted molar refractivity (Wildman–Crippen MR) is 73.7 cm³/mol. The van der Waals surface area contributed by atoms with Gasteiger partial charge < -0.3 is 10.6 Å². The van der Waals surface area contributed by atoms with Crippen molar-refractivity contribution in [2.75, 3.05) is 20.1 Å². The molecular formula is C15H22N2O. The molecular weight excluding hydrogens is 224 g/mol. The van der Waals surface area contributed by atoms with Gasteiger partial charge in [-0.2, -0.15) is 0 Å². The Balaban J connectivity index is 1.90. The smallest absolute Gasteiger partial charge is 0.251 e. The van der Waals surface area contributed by atoms with E-state index in [0.717, 1.165) is 43.0 Å². The van der Waals surface area contributed by atoms with Crippen LogP contribution in [-0.4, -0.2) is 26.0 Å². The maximum Gasteiger partial charge on any atom is 0.251 e. The molecule has 98 valence electrons. The van der Waals surface area contributed by atoms with E-state index in [-0.39, 0.29) is 5.91 Å². The molecule has 0 unspecified atom stereocenters. The largest absolute Gasteiger partial charge is 0.352 e. The summed E-state index contributed by atoms with van der Waals surface area (Å²) in [4.78, 5) is 12.1. The molecule has 0 heterocycles. The molecule has 0 atom stereocenters. The predicted octanol–water partition coefficient (Wildman–Crippen LogP) is 1.98. The Morgan fingerprint density at radius 1 is 1.28 bits per heavy atom. The Labute approximate surface area is 109 Å². The van der Waals surface area contributed by atoms with Gasteiger partial charge in [0.25, 0.3) is 5.91 Å². The van der Waals surface area contributed by atoms with Crippen LogP contribution in [0, 0.1) is 5.92 Å². The molecule has 18 heavy (non-hydrogen) atoms. The molecule has 1 aromatic rings. The summed E-state index contributed by atoms with van der Waals surface area (Å²) in [5.74, 6) is 0.937. The van der Waals surface area contributed by atoms with Crippen molar-refractivity contribution in [2.45, 2.75) is 25.7 Å². The molecule has 0 bridgehead atoms. The van der Waals surface area contributed by atoms with Crippen molar-refractivity contribution in [3.05, 3.63) is 35.4 Å². The minimum absolute atomic E-state index is 0.0716. The molecule has 1 aliphatic carbocycles. The first kappa shape index (κ1) is 13.1. The fourth-order valence-electron chi connectivity index (χ4n) is 2.11. The molecule has 0 radical (unpaired) electrons. The summed E-state index contributed by atoms with van der Waals surface area (Å²) in [6.07, 6.45) is 4.70. The lowest BCUT2D eigenvalue weighted by Gasteiger charge is -2.09. The van der Waals surface area contributed by atoms with Crippen molar-refractivity contribution in [3.8, 4) is 0 Å². The number of hydrogen-bond acceptors (Lipinski definition) is 2. The van der Waals surface area contributed by atoms with Crippen molar-refractivity contribution < 1.29 is 4.79 Å². The molecule has 0 saturated heterocycles. The summed E-state index contributed by atoms with van der Waals surface area (Å²) in [5, 5.41) is 6.14. The minimum atomic E-state index is 0.0716. The van der Waals surface area contributed by atoms with Crippen LogP contribution in [0.25, 0.3) is 0 Å². The summed E-state index contributed by atoms with van der Waals surface area (Å²) in [6.45, 7) is 1.70. The highest BCUT2D eigenvalue weighted by molar-refractivity contribution is 5.95. The minimum Gasteiger partial charge on any atom is -0.352 e. The average molecular weight is 246 g/mol. The van der Waals surface area contributed by atoms with Gasteiger partial charge in [0, 0.05) is 12.1 Å². The lowest BCUT2D eigenvalue weighted by molar-refractivity contribution is 0.0952. The third-order valence-corrected chi connectivity index (χ3v) is 3.44. The van der Waals surface area contributed by atoms with E-state index in [1.807, 2.05) is 31.3 Å². The van der Waals surface area contributed by atoms with E-state index in [0.29, 0.717) is 0 Å². The Hall–Kier alpha value is -1.35. The van der Waals surface area contributed by atoms with Crippen LogP contribution in [0.4, 0.5) is 0 Å². The fraction of sp³-hybridized carbons (Fsp3) is 0.533.